The van der Waals surface area contributed by atoms with Gasteiger partial charge in [0.25, 0.3) is 0 Å². The monoisotopic (exact) mass is 351 g/mol. The van der Waals surface area contributed by atoms with Gasteiger partial charge < -0.3 is 14.4 Å². The molecule has 1 saturated carbocycles. The number of benzene rings is 1. The first kappa shape index (κ1) is 14.1. The fourth-order valence-corrected chi connectivity index (χ4v) is 2.65. The first-order chi connectivity index (χ1) is 10.1. The third-order valence-corrected chi connectivity index (χ3v) is 4.06. The second-order valence-corrected chi connectivity index (χ2v) is 6.08. The third-order valence-electron chi connectivity index (χ3n) is 3.60. The van der Waals surface area contributed by atoms with Gasteiger partial charge in [-0.1, -0.05) is 27.5 Å². The summed E-state index contributed by atoms with van der Waals surface area (Å²) in [6.07, 6.45) is 3.74. The molecule has 0 atom stereocenters. The molecule has 0 aliphatic heterocycles. The van der Waals surface area contributed by atoms with Gasteiger partial charge in [-0.3, -0.25) is 0 Å². The van der Waals surface area contributed by atoms with E-state index in [1.807, 2.05) is 18.2 Å². The number of carbonyl (C=O) groups is 1. The predicted octanol–water partition coefficient (Wildman–Crippen LogP) is 3.98. The van der Waals surface area contributed by atoms with Gasteiger partial charge >= 0.3 is 5.97 Å². The van der Waals surface area contributed by atoms with Crippen LogP contribution >= 0.6 is 15.9 Å². The number of aromatic nitrogens is 1. The smallest absolute Gasteiger partial charge is 0.374 e. The topological polar surface area (TPSA) is 72.6 Å². The van der Waals surface area contributed by atoms with E-state index in [0.29, 0.717) is 11.6 Å². The van der Waals surface area contributed by atoms with Crippen molar-refractivity contribution in [1.82, 2.24) is 5.16 Å². The van der Waals surface area contributed by atoms with Crippen LogP contribution in [-0.4, -0.2) is 22.8 Å². The van der Waals surface area contributed by atoms with Crippen LogP contribution in [0, 0.1) is 5.92 Å². The van der Waals surface area contributed by atoms with Gasteiger partial charge in [0.05, 0.1) is 6.61 Å². The van der Waals surface area contributed by atoms with Crippen LogP contribution in [0.2, 0.25) is 0 Å². The number of nitrogens with zero attached hydrogens (tertiary/aromatic N) is 1. The third kappa shape index (κ3) is 3.26. The van der Waals surface area contributed by atoms with Gasteiger partial charge in [-0.15, -0.1) is 0 Å². The van der Waals surface area contributed by atoms with Crippen LogP contribution in [0.3, 0.4) is 0 Å². The summed E-state index contributed by atoms with van der Waals surface area (Å²) in [4.78, 5) is 10.8. The van der Waals surface area contributed by atoms with E-state index in [1.165, 1.54) is 25.3 Å². The van der Waals surface area contributed by atoms with Crippen LogP contribution in [-0.2, 0) is 0 Å². The van der Waals surface area contributed by atoms with Gasteiger partial charge in [-0.05, 0) is 37.0 Å². The van der Waals surface area contributed by atoms with Crippen LogP contribution in [0.25, 0.3) is 11.3 Å². The number of carboxylic acid groups (broad SMARTS) is 1. The Bertz CT molecular complexity index is 663. The average molecular weight is 352 g/mol. The molecule has 1 aromatic carbocycles. The van der Waals surface area contributed by atoms with Crippen molar-refractivity contribution in [2.75, 3.05) is 6.61 Å². The van der Waals surface area contributed by atoms with Crippen molar-refractivity contribution in [1.29, 1.82) is 0 Å². The molecule has 0 radical (unpaired) electrons. The Morgan fingerprint density at radius 2 is 2.19 bits per heavy atom. The molecule has 1 aliphatic rings. The van der Waals surface area contributed by atoms with Gasteiger partial charge in [-0.2, -0.15) is 0 Å². The highest BCUT2D eigenvalue weighted by Gasteiger charge is 2.18. The number of halogens is 1. The van der Waals surface area contributed by atoms with Crippen LogP contribution in [0.1, 0.15) is 29.8 Å². The normalized spacial score (nSPS) is 14.7. The molecule has 1 aromatic heterocycles. The second kappa shape index (κ2) is 5.89. The zero-order chi connectivity index (χ0) is 14.8. The van der Waals surface area contributed by atoms with Gasteiger partial charge in [0.1, 0.15) is 11.4 Å². The van der Waals surface area contributed by atoms with Crippen LogP contribution in [0.15, 0.2) is 33.3 Å². The maximum Gasteiger partial charge on any atom is 0.374 e. The fraction of sp³-hybridized carbons (Fsp3) is 0.333. The van der Waals surface area contributed by atoms with Crippen LogP contribution in [0.5, 0.6) is 5.75 Å². The van der Waals surface area contributed by atoms with Crippen molar-refractivity contribution in [2.24, 2.45) is 5.92 Å². The Kier molecular flexibility index (Phi) is 3.96. The molecule has 0 unspecified atom stereocenters. The molecular weight excluding hydrogens is 338 g/mol. The van der Waals surface area contributed by atoms with Crippen LogP contribution < -0.4 is 4.74 Å². The van der Waals surface area contributed by atoms with E-state index in [1.54, 1.807) is 0 Å². The van der Waals surface area contributed by atoms with Crippen molar-refractivity contribution >= 4 is 21.9 Å². The van der Waals surface area contributed by atoms with Crippen LogP contribution in [0.4, 0.5) is 0 Å². The van der Waals surface area contributed by atoms with Crippen molar-refractivity contribution in [2.45, 2.75) is 19.3 Å². The molecule has 5 nitrogen and oxygen atoms in total. The minimum atomic E-state index is -1.13. The summed E-state index contributed by atoms with van der Waals surface area (Å²) in [5.41, 5.74) is 1.23. The van der Waals surface area contributed by atoms with Crippen molar-refractivity contribution in [3.63, 3.8) is 0 Å². The lowest BCUT2D eigenvalue weighted by molar-refractivity contribution is 0.0652. The summed E-state index contributed by atoms with van der Waals surface area (Å²) >= 11 is 3.43. The number of ether oxygens (including phenoxy) is 1. The highest BCUT2D eigenvalue weighted by Crippen LogP contribution is 2.31. The molecule has 0 spiro atoms. The molecule has 1 heterocycles. The number of rotatable bonds is 5. The number of hydrogen-bond donors (Lipinski definition) is 1. The number of hydrogen-bond acceptors (Lipinski definition) is 4. The molecule has 0 bridgehead atoms. The predicted molar refractivity (Wildman–Crippen MR) is 79.4 cm³/mol. The van der Waals surface area contributed by atoms with E-state index in [-0.39, 0.29) is 5.76 Å². The summed E-state index contributed by atoms with van der Waals surface area (Å²) in [7, 11) is 0. The Labute approximate surface area is 130 Å². The number of aromatic carboxylic acids is 1. The zero-order valence-corrected chi connectivity index (χ0v) is 12.8. The standard InChI is InChI=1S/C15H14BrNO4/c16-11-4-10(13-7-14(15(18)19)21-17-13)5-12(6-11)20-8-9-2-1-3-9/h4-7,9H,1-3,8H2,(H,18,19). The van der Waals surface area contributed by atoms with E-state index in [4.69, 9.17) is 14.4 Å². The summed E-state index contributed by atoms with van der Waals surface area (Å²) in [5, 5.41) is 12.6. The molecule has 21 heavy (non-hydrogen) atoms. The molecule has 3 rings (SSSR count). The molecule has 0 amide bonds. The molecule has 110 valence electrons. The Hall–Kier alpha value is -1.82. The molecule has 2 aromatic rings. The van der Waals surface area contributed by atoms with Crippen molar-refractivity contribution in [3.8, 4) is 17.0 Å². The van der Waals surface area contributed by atoms with Gasteiger partial charge in [0.15, 0.2) is 0 Å². The maximum atomic E-state index is 10.8. The van der Waals surface area contributed by atoms with Crippen molar-refractivity contribution < 1.29 is 19.2 Å². The molecule has 1 aliphatic carbocycles. The number of carboxylic acids is 1. The summed E-state index contributed by atoms with van der Waals surface area (Å²) in [6.45, 7) is 0.717. The summed E-state index contributed by atoms with van der Waals surface area (Å²) < 4.78 is 11.4. The largest absolute Gasteiger partial charge is 0.493 e. The minimum Gasteiger partial charge on any atom is -0.493 e. The lowest BCUT2D eigenvalue weighted by atomic mass is 9.86. The summed E-state index contributed by atoms with van der Waals surface area (Å²) in [5.74, 6) is 0.0800. The minimum absolute atomic E-state index is 0.179. The molecule has 1 N–H and O–H groups in total. The van der Waals surface area contributed by atoms with E-state index in [2.05, 4.69) is 21.1 Å². The van der Waals surface area contributed by atoms with Gasteiger partial charge in [-0.25, -0.2) is 4.79 Å². The SMILES string of the molecule is O=C(O)c1cc(-c2cc(Br)cc(OCC3CCC3)c2)no1. The molecule has 6 heteroatoms. The molecule has 0 saturated heterocycles. The highest BCUT2D eigenvalue weighted by molar-refractivity contribution is 9.10. The van der Waals surface area contributed by atoms with Crippen molar-refractivity contribution in [3.05, 3.63) is 34.5 Å². The lowest BCUT2D eigenvalue weighted by Crippen LogP contribution is -2.19. The molecular formula is C15H14BrNO4. The van der Waals surface area contributed by atoms with Gasteiger partial charge in [0, 0.05) is 16.1 Å². The zero-order valence-electron chi connectivity index (χ0n) is 11.2. The fourth-order valence-electron chi connectivity index (χ4n) is 2.18. The van der Waals surface area contributed by atoms with E-state index >= 15 is 0 Å². The highest BCUT2D eigenvalue weighted by atomic mass is 79.9. The molecule has 1 fully saturated rings. The van der Waals surface area contributed by atoms with E-state index in [0.717, 1.165) is 22.4 Å². The summed E-state index contributed by atoms with van der Waals surface area (Å²) in [6, 6.07) is 6.98. The van der Waals surface area contributed by atoms with E-state index < -0.39 is 5.97 Å². The quantitative estimate of drug-likeness (QED) is 0.881. The Morgan fingerprint density at radius 1 is 1.38 bits per heavy atom. The first-order valence-corrected chi connectivity index (χ1v) is 7.55. The Morgan fingerprint density at radius 3 is 2.81 bits per heavy atom. The maximum absolute atomic E-state index is 10.8. The van der Waals surface area contributed by atoms with E-state index in [9.17, 15) is 4.79 Å². The van der Waals surface area contributed by atoms with Gasteiger partial charge in [0.2, 0.25) is 5.76 Å². The second-order valence-electron chi connectivity index (χ2n) is 5.17. The first-order valence-electron chi connectivity index (χ1n) is 6.75. The Balaban J connectivity index is 1.80. The average Bonchev–Trinajstić information content (AvgIpc) is 2.86. The lowest BCUT2D eigenvalue weighted by Gasteiger charge is -2.25.